The molecule has 4 aromatic rings. The van der Waals surface area contributed by atoms with E-state index in [-0.39, 0.29) is 11.4 Å². The third-order valence-electron chi connectivity index (χ3n) is 5.56. The molecule has 0 aliphatic heterocycles. The van der Waals surface area contributed by atoms with Gasteiger partial charge in [-0.05, 0) is 55.0 Å². The van der Waals surface area contributed by atoms with Crippen LogP contribution in [-0.4, -0.2) is 43.5 Å². The molecule has 0 bridgehead atoms. The van der Waals surface area contributed by atoms with Crippen molar-refractivity contribution in [3.8, 4) is 0 Å². The molecule has 0 spiro atoms. The topological polar surface area (TPSA) is 81.0 Å². The van der Waals surface area contributed by atoms with Gasteiger partial charge in [-0.2, -0.15) is 9.30 Å². The summed E-state index contributed by atoms with van der Waals surface area (Å²) < 4.78 is 36.7. The first-order chi connectivity index (χ1) is 17.3. The van der Waals surface area contributed by atoms with Gasteiger partial charge in [0.05, 0.1) is 21.7 Å². The van der Waals surface area contributed by atoms with Gasteiger partial charge < -0.3 is 9.30 Å². The number of benzene rings is 3. The number of carbonyl (C=O) groups is 1. The number of aromatic nitrogens is 1. The van der Waals surface area contributed by atoms with Gasteiger partial charge in [-0.3, -0.25) is 4.79 Å². The lowest BCUT2D eigenvalue weighted by Gasteiger charge is -2.17. The molecule has 188 valence electrons. The van der Waals surface area contributed by atoms with Crippen LogP contribution in [-0.2, 0) is 27.8 Å². The highest BCUT2D eigenvalue weighted by Gasteiger charge is 2.21. The van der Waals surface area contributed by atoms with E-state index in [1.807, 2.05) is 60.0 Å². The van der Waals surface area contributed by atoms with Gasteiger partial charge in [0.1, 0.15) is 0 Å². The van der Waals surface area contributed by atoms with Crippen LogP contribution in [0.4, 0.5) is 0 Å². The lowest BCUT2D eigenvalue weighted by molar-refractivity contribution is 0.0996. The maximum absolute atomic E-state index is 13.0. The zero-order chi connectivity index (χ0) is 25.7. The normalized spacial score (nSPS) is 12.5. The molecule has 0 saturated carbocycles. The van der Waals surface area contributed by atoms with Crippen molar-refractivity contribution >= 4 is 53.4 Å². The second-order valence-corrected chi connectivity index (χ2v) is 12.0. The lowest BCUT2D eigenvalue weighted by Crippen LogP contribution is -2.26. The van der Waals surface area contributed by atoms with Crippen LogP contribution < -0.4 is 4.80 Å². The predicted octanol–water partition coefficient (Wildman–Crippen LogP) is 5.06. The van der Waals surface area contributed by atoms with Gasteiger partial charge in [-0.25, -0.2) is 8.42 Å². The zero-order valence-corrected chi connectivity index (χ0v) is 23.1. The number of nitrogens with zero attached hydrogens (tertiary/aromatic N) is 3. The number of sulfonamides is 1. The SMILES string of the molecule is CCOCCn1c(=NC(=O)c2ccc(S(=O)(=O)N(C)Cc3ccccc3)cc2)sc2cc(Br)ccc21. The summed E-state index contributed by atoms with van der Waals surface area (Å²) in [4.78, 5) is 18.1. The molecule has 7 nitrogen and oxygen atoms in total. The first kappa shape index (κ1) is 26.4. The number of halogens is 1. The van der Waals surface area contributed by atoms with Crippen molar-refractivity contribution < 1.29 is 17.9 Å². The molecule has 0 aliphatic rings. The highest BCUT2D eigenvalue weighted by atomic mass is 79.9. The molecule has 0 N–H and O–H groups in total. The van der Waals surface area contributed by atoms with Gasteiger partial charge in [0.25, 0.3) is 5.91 Å². The Morgan fingerprint density at radius 1 is 1.08 bits per heavy atom. The minimum Gasteiger partial charge on any atom is -0.380 e. The number of rotatable bonds is 9. The Balaban J connectivity index is 1.59. The fraction of sp³-hybridized carbons (Fsp3) is 0.231. The van der Waals surface area contributed by atoms with Crippen LogP contribution in [0.3, 0.4) is 0 Å². The summed E-state index contributed by atoms with van der Waals surface area (Å²) in [6, 6.07) is 21.2. The van der Waals surface area contributed by atoms with E-state index < -0.39 is 15.9 Å². The van der Waals surface area contributed by atoms with Gasteiger partial charge >= 0.3 is 0 Å². The largest absolute Gasteiger partial charge is 0.380 e. The molecule has 1 aromatic heterocycles. The highest BCUT2D eigenvalue weighted by Crippen LogP contribution is 2.23. The highest BCUT2D eigenvalue weighted by molar-refractivity contribution is 9.10. The van der Waals surface area contributed by atoms with Gasteiger partial charge in [0, 0.05) is 36.8 Å². The summed E-state index contributed by atoms with van der Waals surface area (Å²) in [6.45, 7) is 3.86. The van der Waals surface area contributed by atoms with Crippen LogP contribution >= 0.6 is 27.3 Å². The van der Waals surface area contributed by atoms with Crippen LogP contribution in [0, 0.1) is 0 Å². The summed E-state index contributed by atoms with van der Waals surface area (Å²) in [7, 11) is -2.17. The maximum Gasteiger partial charge on any atom is 0.279 e. The van der Waals surface area contributed by atoms with E-state index in [0.29, 0.717) is 30.1 Å². The molecular weight excluding hydrogens is 562 g/mol. The monoisotopic (exact) mass is 587 g/mol. The van der Waals surface area contributed by atoms with Crippen molar-refractivity contribution in [2.24, 2.45) is 4.99 Å². The third kappa shape index (κ3) is 6.01. The Morgan fingerprint density at radius 3 is 2.50 bits per heavy atom. The Bertz CT molecular complexity index is 1530. The number of amides is 1. The number of carbonyl (C=O) groups excluding carboxylic acids is 1. The molecule has 0 saturated heterocycles. The Hall–Kier alpha value is -2.63. The van der Waals surface area contributed by atoms with Crippen LogP contribution in [0.2, 0.25) is 0 Å². The van der Waals surface area contributed by atoms with Crippen LogP contribution in [0.5, 0.6) is 0 Å². The smallest absolute Gasteiger partial charge is 0.279 e. The lowest BCUT2D eigenvalue weighted by atomic mass is 10.2. The molecule has 0 atom stereocenters. The molecule has 0 fully saturated rings. The number of ether oxygens (including phenoxy) is 1. The molecule has 1 amide bonds. The first-order valence-electron chi connectivity index (χ1n) is 11.4. The fourth-order valence-electron chi connectivity index (χ4n) is 3.67. The molecule has 1 heterocycles. The Morgan fingerprint density at radius 2 is 1.81 bits per heavy atom. The second kappa shape index (κ2) is 11.6. The van der Waals surface area contributed by atoms with E-state index >= 15 is 0 Å². The van der Waals surface area contributed by atoms with Crippen LogP contribution in [0.25, 0.3) is 10.2 Å². The quantitative estimate of drug-likeness (QED) is 0.256. The summed E-state index contributed by atoms with van der Waals surface area (Å²) >= 11 is 4.91. The van der Waals surface area contributed by atoms with Crippen molar-refractivity contribution in [3.05, 3.63) is 93.2 Å². The second-order valence-electron chi connectivity index (χ2n) is 8.03. The van der Waals surface area contributed by atoms with E-state index in [1.54, 1.807) is 0 Å². The minimum absolute atomic E-state index is 0.121. The maximum atomic E-state index is 13.0. The molecule has 0 radical (unpaired) electrons. The average Bonchev–Trinajstić information content (AvgIpc) is 3.20. The molecule has 4 rings (SSSR count). The predicted molar refractivity (Wildman–Crippen MR) is 145 cm³/mol. The van der Waals surface area contributed by atoms with E-state index in [0.717, 1.165) is 20.3 Å². The minimum atomic E-state index is -3.71. The summed E-state index contributed by atoms with van der Waals surface area (Å²) in [5.74, 6) is -0.438. The van der Waals surface area contributed by atoms with Gasteiger partial charge in [0.15, 0.2) is 4.80 Å². The molecule has 3 aromatic carbocycles. The van der Waals surface area contributed by atoms with E-state index in [1.165, 1.54) is 47.0 Å². The molecular formula is C26H26BrN3O4S2. The fourth-order valence-corrected chi connectivity index (χ4v) is 6.44. The number of hydrogen-bond acceptors (Lipinski definition) is 5. The van der Waals surface area contributed by atoms with Crippen molar-refractivity contribution in [2.45, 2.75) is 24.9 Å². The standard InChI is InChI=1S/C26H26BrN3O4S2/c1-3-34-16-15-30-23-14-11-21(27)17-24(23)35-26(30)28-25(31)20-9-12-22(13-10-20)36(32,33)29(2)18-19-7-5-4-6-8-19/h4-14,17H,3,15-16,18H2,1-2H3. The van der Waals surface area contributed by atoms with Crippen molar-refractivity contribution in [2.75, 3.05) is 20.3 Å². The van der Waals surface area contributed by atoms with Crippen LogP contribution in [0.1, 0.15) is 22.8 Å². The molecule has 10 heteroatoms. The average molecular weight is 589 g/mol. The van der Waals surface area contributed by atoms with E-state index in [9.17, 15) is 13.2 Å². The summed E-state index contributed by atoms with van der Waals surface area (Å²) in [6.07, 6.45) is 0. The van der Waals surface area contributed by atoms with Gasteiger partial charge in [0.2, 0.25) is 10.0 Å². The molecule has 0 aliphatic carbocycles. The zero-order valence-electron chi connectivity index (χ0n) is 19.9. The Labute approximate surface area is 222 Å². The third-order valence-corrected chi connectivity index (χ3v) is 8.91. The van der Waals surface area contributed by atoms with E-state index in [4.69, 9.17) is 4.74 Å². The summed E-state index contributed by atoms with van der Waals surface area (Å²) in [5, 5.41) is 0. The number of hydrogen-bond donors (Lipinski definition) is 0. The number of fused-ring (bicyclic) bond motifs is 1. The Kier molecular flexibility index (Phi) is 8.53. The van der Waals surface area contributed by atoms with Crippen molar-refractivity contribution in [1.29, 1.82) is 0 Å². The first-order valence-corrected chi connectivity index (χ1v) is 14.4. The van der Waals surface area contributed by atoms with E-state index in [2.05, 4.69) is 20.9 Å². The van der Waals surface area contributed by atoms with Gasteiger partial charge in [-0.1, -0.05) is 57.6 Å². The van der Waals surface area contributed by atoms with Crippen molar-refractivity contribution in [3.63, 3.8) is 0 Å². The summed E-state index contributed by atoms with van der Waals surface area (Å²) in [5.41, 5.74) is 2.18. The van der Waals surface area contributed by atoms with Crippen LogP contribution in [0.15, 0.2) is 87.2 Å². The molecule has 36 heavy (non-hydrogen) atoms. The number of thiazole rings is 1. The van der Waals surface area contributed by atoms with Gasteiger partial charge in [-0.15, -0.1) is 0 Å². The molecule has 0 unspecified atom stereocenters. The van der Waals surface area contributed by atoms with Crippen molar-refractivity contribution in [1.82, 2.24) is 8.87 Å².